The summed E-state index contributed by atoms with van der Waals surface area (Å²) < 4.78 is 0. The van der Waals surface area contributed by atoms with Gasteiger partial charge in [-0.15, -0.1) is 21.5 Å². The van der Waals surface area contributed by atoms with E-state index in [-0.39, 0.29) is 5.92 Å². The van der Waals surface area contributed by atoms with Crippen LogP contribution in [0.5, 0.6) is 0 Å². The van der Waals surface area contributed by atoms with Crippen LogP contribution < -0.4 is 4.90 Å². The van der Waals surface area contributed by atoms with Crippen molar-refractivity contribution >= 4 is 23.1 Å². The van der Waals surface area contributed by atoms with Crippen molar-refractivity contribution in [1.82, 2.24) is 20.0 Å². The van der Waals surface area contributed by atoms with Crippen molar-refractivity contribution in [3.05, 3.63) is 65.5 Å². The largest absolute Gasteiger partial charge is 0.354 e. The maximum atomic E-state index is 13.3. The van der Waals surface area contributed by atoms with E-state index < -0.39 is 0 Å². The number of amides is 1. The molecule has 1 atom stereocenters. The number of carbonyl (C=O) groups is 1. The van der Waals surface area contributed by atoms with Gasteiger partial charge in [-0.3, -0.25) is 9.69 Å². The number of hydrogen-bond donors (Lipinski definition) is 0. The van der Waals surface area contributed by atoms with Crippen molar-refractivity contribution in [2.75, 3.05) is 50.7 Å². The number of piperazine rings is 1. The van der Waals surface area contributed by atoms with Crippen molar-refractivity contribution < 1.29 is 4.79 Å². The van der Waals surface area contributed by atoms with E-state index in [1.807, 2.05) is 18.2 Å². The van der Waals surface area contributed by atoms with Crippen molar-refractivity contribution in [1.29, 1.82) is 0 Å². The fraction of sp³-hybridized carbons (Fsp3) is 0.423. The molecule has 0 aliphatic carbocycles. The van der Waals surface area contributed by atoms with Gasteiger partial charge in [0, 0.05) is 45.8 Å². The Kier molecular flexibility index (Phi) is 6.98. The highest BCUT2D eigenvalue weighted by Gasteiger charge is 2.31. The lowest BCUT2D eigenvalue weighted by molar-refractivity contribution is -0.137. The standard InChI is InChI=1S/C26H31N5OS/c32-26(30-17-15-29(16-18-30)14-12-21-6-2-1-3-7-21)22-8-4-13-31(20-22)25-11-10-23(27-28-25)24-9-5-19-33-24/h1-3,5-7,9-11,19,22H,4,8,12-18,20H2. The first-order valence-electron chi connectivity index (χ1n) is 11.9. The Morgan fingerprint density at radius 3 is 2.52 bits per heavy atom. The summed E-state index contributed by atoms with van der Waals surface area (Å²) in [6.45, 7) is 6.32. The Morgan fingerprint density at radius 1 is 0.939 bits per heavy atom. The molecule has 0 spiro atoms. The van der Waals surface area contributed by atoms with Gasteiger partial charge in [-0.1, -0.05) is 36.4 Å². The van der Waals surface area contributed by atoms with Gasteiger partial charge >= 0.3 is 0 Å². The van der Waals surface area contributed by atoms with Gasteiger partial charge in [-0.05, 0) is 48.4 Å². The Hall–Kier alpha value is -2.77. The van der Waals surface area contributed by atoms with Crippen molar-refractivity contribution in [2.24, 2.45) is 5.92 Å². The van der Waals surface area contributed by atoms with Gasteiger partial charge in [0.2, 0.25) is 5.91 Å². The number of benzene rings is 1. The van der Waals surface area contributed by atoms with Crippen LogP contribution in [0.25, 0.3) is 10.6 Å². The Morgan fingerprint density at radius 2 is 1.79 bits per heavy atom. The molecule has 2 aliphatic heterocycles. The summed E-state index contributed by atoms with van der Waals surface area (Å²) >= 11 is 1.67. The minimum absolute atomic E-state index is 0.0494. The van der Waals surface area contributed by atoms with Crippen LogP contribution in [0.2, 0.25) is 0 Å². The minimum Gasteiger partial charge on any atom is -0.354 e. The van der Waals surface area contributed by atoms with E-state index >= 15 is 0 Å². The van der Waals surface area contributed by atoms with Crippen LogP contribution in [0.4, 0.5) is 5.82 Å². The molecule has 2 fully saturated rings. The lowest BCUT2D eigenvalue weighted by Gasteiger charge is -2.39. The fourth-order valence-electron chi connectivity index (χ4n) is 4.82. The molecule has 0 saturated carbocycles. The second-order valence-corrected chi connectivity index (χ2v) is 9.89. The summed E-state index contributed by atoms with van der Waals surface area (Å²) in [6, 6.07) is 18.8. The van der Waals surface area contributed by atoms with Gasteiger partial charge in [0.1, 0.15) is 5.69 Å². The van der Waals surface area contributed by atoms with Gasteiger partial charge in [-0.25, -0.2) is 0 Å². The topological polar surface area (TPSA) is 52.6 Å². The van der Waals surface area contributed by atoms with E-state index in [0.29, 0.717) is 5.91 Å². The molecule has 2 aliphatic rings. The quantitative estimate of drug-likeness (QED) is 0.559. The van der Waals surface area contributed by atoms with E-state index in [1.54, 1.807) is 11.3 Å². The maximum Gasteiger partial charge on any atom is 0.227 e. The first kappa shape index (κ1) is 22.0. The molecule has 1 unspecified atom stereocenters. The van der Waals surface area contributed by atoms with Gasteiger partial charge in [-0.2, -0.15) is 0 Å². The number of thiophene rings is 1. The van der Waals surface area contributed by atoms with Crippen molar-refractivity contribution in [2.45, 2.75) is 19.3 Å². The first-order valence-corrected chi connectivity index (χ1v) is 12.8. The van der Waals surface area contributed by atoms with Crippen LogP contribution in [0.1, 0.15) is 18.4 Å². The van der Waals surface area contributed by atoms with E-state index in [2.05, 4.69) is 66.7 Å². The molecule has 33 heavy (non-hydrogen) atoms. The zero-order chi connectivity index (χ0) is 22.5. The summed E-state index contributed by atoms with van der Waals surface area (Å²) in [5.41, 5.74) is 2.29. The smallest absolute Gasteiger partial charge is 0.227 e. The van der Waals surface area contributed by atoms with Gasteiger partial charge in [0.15, 0.2) is 5.82 Å². The second kappa shape index (κ2) is 10.4. The predicted octanol–water partition coefficient (Wildman–Crippen LogP) is 3.81. The maximum absolute atomic E-state index is 13.3. The molecule has 7 heteroatoms. The van der Waals surface area contributed by atoms with E-state index in [1.165, 1.54) is 5.56 Å². The van der Waals surface area contributed by atoms with E-state index in [4.69, 9.17) is 0 Å². The zero-order valence-corrected chi connectivity index (χ0v) is 19.8. The average molecular weight is 462 g/mol. The second-order valence-electron chi connectivity index (χ2n) is 8.94. The van der Waals surface area contributed by atoms with Crippen LogP contribution >= 0.6 is 11.3 Å². The molecule has 0 radical (unpaired) electrons. The molecule has 1 amide bonds. The Balaban J connectivity index is 1.12. The Bertz CT molecular complexity index is 1020. The van der Waals surface area contributed by atoms with Gasteiger partial charge in [0.05, 0.1) is 10.8 Å². The minimum atomic E-state index is 0.0494. The normalized spacial score (nSPS) is 19.6. The predicted molar refractivity (Wildman–Crippen MR) is 133 cm³/mol. The number of piperidine rings is 1. The third-order valence-electron chi connectivity index (χ3n) is 6.76. The van der Waals surface area contributed by atoms with Gasteiger partial charge in [0.25, 0.3) is 0 Å². The number of nitrogens with zero attached hydrogens (tertiary/aromatic N) is 5. The van der Waals surface area contributed by atoms with Crippen LogP contribution in [0.15, 0.2) is 60.0 Å². The third-order valence-corrected chi connectivity index (χ3v) is 7.65. The van der Waals surface area contributed by atoms with Gasteiger partial charge < -0.3 is 9.80 Å². The van der Waals surface area contributed by atoms with Crippen molar-refractivity contribution in [3.63, 3.8) is 0 Å². The molecule has 172 valence electrons. The Labute approximate surface area is 199 Å². The number of anilines is 1. The molecule has 0 bridgehead atoms. The van der Waals surface area contributed by atoms with E-state index in [0.717, 1.165) is 81.5 Å². The molecule has 2 aromatic heterocycles. The number of rotatable bonds is 6. The third kappa shape index (κ3) is 5.42. The monoisotopic (exact) mass is 461 g/mol. The number of hydrogen-bond acceptors (Lipinski definition) is 6. The highest BCUT2D eigenvalue weighted by Crippen LogP contribution is 2.26. The highest BCUT2D eigenvalue weighted by atomic mass is 32.1. The summed E-state index contributed by atoms with van der Waals surface area (Å²) in [5.74, 6) is 1.23. The summed E-state index contributed by atoms with van der Waals surface area (Å²) in [6.07, 6.45) is 3.05. The lowest BCUT2D eigenvalue weighted by atomic mass is 9.96. The highest BCUT2D eigenvalue weighted by molar-refractivity contribution is 7.13. The van der Waals surface area contributed by atoms with Crippen LogP contribution in [-0.2, 0) is 11.2 Å². The molecule has 4 heterocycles. The number of aromatic nitrogens is 2. The van der Waals surface area contributed by atoms with Crippen molar-refractivity contribution in [3.8, 4) is 10.6 Å². The van der Waals surface area contributed by atoms with Crippen LogP contribution in [0, 0.1) is 5.92 Å². The molecule has 6 nitrogen and oxygen atoms in total. The van der Waals surface area contributed by atoms with Crippen LogP contribution in [0.3, 0.4) is 0 Å². The molecule has 2 saturated heterocycles. The lowest BCUT2D eigenvalue weighted by Crippen LogP contribution is -2.52. The van der Waals surface area contributed by atoms with Crippen LogP contribution in [-0.4, -0.2) is 71.7 Å². The summed E-state index contributed by atoms with van der Waals surface area (Å²) in [7, 11) is 0. The molecule has 5 rings (SSSR count). The summed E-state index contributed by atoms with van der Waals surface area (Å²) in [4.78, 5) is 21.2. The SMILES string of the molecule is O=C(C1CCCN(c2ccc(-c3cccs3)nn2)C1)N1CCN(CCc2ccccc2)CC1. The first-order chi connectivity index (χ1) is 16.3. The molecular weight excluding hydrogens is 430 g/mol. The zero-order valence-electron chi connectivity index (χ0n) is 19.0. The summed E-state index contributed by atoms with van der Waals surface area (Å²) in [5, 5.41) is 10.9. The average Bonchev–Trinajstić information content (AvgIpc) is 3.43. The molecule has 3 aromatic rings. The molecular formula is C26H31N5OS. The molecule has 0 N–H and O–H groups in total. The molecule has 1 aromatic carbocycles. The number of carbonyl (C=O) groups excluding carboxylic acids is 1. The van der Waals surface area contributed by atoms with E-state index in [9.17, 15) is 4.79 Å². The fourth-order valence-corrected chi connectivity index (χ4v) is 5.51.